The zero-order valence-corrected chi connectivity index (χ0v) is 21.8. The van der Waals surface area contributed by atoms with Crippen LogP contribution in [0.2, 0.25) is 0 Å². The SMILES string of the molecule is COc1ccc(C=C2Sc3ccc(C(=O)N4CCN(c5ccccn5)CC4)cc3N(C)C2=O)cc1OC. The number of nitrogens with zero attached hydrogens (tertiary/aromatic N) is 4. The van der Waals surface area contributed by atoms with Gasteiger partial charge in [0.2, 0.25) is 0 Å². The van der Waals surface area contributed by atoms with Crippen molar-refractivity contribution in [3.05, 3.63) is 76.8 Å². The topological polar surface area (TPSA) is 75.2 Å². The number of hydrogen-bond acceptors (Lipinski definition) is 7. The van der Waals surface area contributed by atoms with Crippen molar-refractivity contribution in [2.75, 3.05) is 57.2 Å². The monoisotopic (exact) mass is 516 g/mol. The maximum Gasteiger partial charge on any atom is 0.264 e. The van der Waals surface area contributed by atoms with Crippen molar-refractivity contribution in [1.82, 2.24) is 9.88 Å². The van der Waals surface area contributed by atoms with Gasteiger partial charge >= 0.3 is 0 Å². The predicted molar refractivity (Wildman–Crippen MR) is 146 cm³/mol. The molecule has 0 N–H and O–H groups in total. The van der Waals surface area contributed by atoms with Crippen LogP contribution in [-0.4, -0.2) is 69.1 Å². The van der Waals surface area contributed by atoms with Gasteiger partial charge in [0.15, 0.2) is 11.5 Å². The molecule has 0 aliphatic carbocycles. The van der Waals surface area contributed by atoms with Gasteiger partial charge in [-0.2, -0.15) is 0 Å². The second-order valence-electron chi connectivity index (χ2n) is 8.74. The Bertz CT molecular complexity index is 1350. The first kappa shape index (κ1) is 24.7. The average Bonchev–Trinajstić information content (AvgIpc) is 2.95. The van der Waals surface area contributed by atoms with E-state index in [-0.39, 0.29) is 11.8 Å². The zero-order chi connectivity index (χ0) is 25.9. The Labute approximate surface area is 220 Å². The molecule has 2 amide bonds. The van der Waals surface area contributed by atoms with Gasteiger partial charge in [-0.3, -0.25) is 9.59 Å². The largest absolute Gasteiger partial charge is 0.493 e. The molecular formula is C28H28N4O4S. The van der Waals surface area contributed by atoms with E-state index in [4.69, 9.17) is 9.47 Å². The van der Waals surface area contributed by atoms with Crippen LogP contribution in [0.3, 0.4) is 0 Å². The van der Waals surface area contributed by atoms with E-state index in [1.165, 1.54) is 11.8 Å². The van der Waals surface area contributed by atoms with Crippen molar-refractivity contribution < 1.29 is 19.1 Å². The van der Waals surface area contributed by atoms with Crippen LogP contribution in [0.25, 0.3) is 6.08 Å². The smallest absolute Gasteiger partial charge is 0.264 e. The molecule has 1 aromatic heterocycles. The number of ether oxygens (including phenoxy) is 2. The molecule has 8 nitrogen and oxygen atoms in total. The fourth-order valence-electron chi connectivity index (χ4n) is 4.48. The molecule has 2 aliphatic rings. The summed E-state index contributed by atoms with van der Waals surface area (Å²) in [5, 5.41) is 0. The summed E-state index contributed by atoms with van der Waals surface area (Å²) in [4.78, 5) is 38.1. The third-order valence-corrected chi connectivity index (χ3v) is 7.63. The Morgan fingerprint density at radius 3 is 2.46 bits per heavy atom. The molecule has 2 aliphatic heterocycles. The first-order chi connectivity index (χ1) is 18.0. The zero-order valence-electron chi connectivity index (χ0n) is 21.0. The fourth-order valence-corrected chi connectivity index (χ4v) is 5.58. The number of thioether (sulfide) groups is 1. The summed E-state index contributed by atoms with van der Waals surface area (Å²) in [5.41, 5.74) is 2.15. The molecule has 0 spiro atoms. The van der Waals surface area contributed by atoms with E-state index in [2.05, 4.69) is 9.88 Å². The Morgan fingerprint density at radius 1 is 0.973 bits per heavy atom. The van der Waals surface area contributed by atoms with Gasteiger partial charge in [0.05, 0.1) is 24.8 Å². The minimum atomic E-state index is -0.124. The van der Waals surface area contributed by atoms with Gasteiger partial charge in [-0.25, -0.2) is 4.98 Å². The molecule has 0 saturated carbocycles. The van der Waals surface area contributed by atoms with Crippen LogP contribution in [0, 0.1) is 0 Å². The van der Waals surface area contributed by atoms with Crippen molar-refractivity contribution in [3.63, 3.8) is 0 Å². The summed E-state index contributed by atoms with van der Waals surface area (Å²) in [6, 6.07) is 17.0. The molecule has 0 bridgehead atoms. The maximum atomic E-state index is 13.3. The molecule has 0 unspecified atom stereocenters. The quantitative estimate of drug-likeness (QED) is 0.471. The van der Waals surface area contributed by atoms with Crippen LogP contribution in [0.4, 0.5) is 11.5 Å². The highest BCUT2D eigenvalue weighted by Gasteiger charge is 2.29. The number of piperazine rings is 1. The van der Waals surface area contributed by atoms with Crippen LogP contribution < -0.4 is 19.3 Å². The Hall–Kier alpha value is -3.98. The number of anilines is 2. The Balaban J connectivity index is 1.32. The third-order valence-electron chi connectivity index (χ3n) is 6.55. The predicted octanol–water partition coefficient (Wildman–Crippen LogP) is 4.17. The molecule has 3 heterocycles. The van der Waals surface area contributed by atoms with E-state index in [1.807, 2.05) is 65.6 Å². The number of fused-ring (bicyclic) bond motifs is 1. The van der Waals surface area contributed by atoms with Crippen LogP contribution in [0.5, 0.6) is 11.5 Å². The first-order valence-corrected chi connectivity index (χ1v) is 12.8. The van der Waals surface area contributed by atoms with E-state index in [9.17, 15) is 9.59 Å². The molecule has 1 fully saturated rings. The summed E-state index contributed by atoms with van der Waals surface area (Å²) in [6.07, 6.45) is 3.62. The Kier molecular flexibility index (Phi) is 7.05. The van der Waals surface area contributed by atoms with Crippen LogP contribution in [-0.2, 0) is 4.79 Å². The standard InChI is InChI=1S/C28H28N4O4S/c1-30-21-18-20(27(33)32-14-12-31(13-15-32)26-6-4-5-11-29-26)8-10-24(21)37-25(28(30)34)17-19-7-9-22(35-2)23(16-19)36-3/h4-11,16-18H,12-15H2,1-3H3. The van der Waals surface area contributed by atoms with Gasteiger partial charge in [0.25, 0.3) is 11.8 Å². The highest BCUT2D eigenvalue weighted by molar-refractivity contribution is 8.04. The van der Waals surface area contributed by atoms with Crippen LogP contribution in [0.15, 0.2) is 70.6 Å². The van der Waals surface area contributed by atoms with Gasteiger partial charge in [-0.15, -0.1) is 0 Å². The van der Waals surface area contributed by atoms with Crippen molar-refractivity contribution in [2.24, 2.45) is 0 Å². The molecule has 5 rings (SSSR count). The number of pyridine rings is 1. The molecule has 190 valence electrons. The lowest BCUT2D eigenvalue weighted by Crippen LogP contribution is -2.49. The van der Waals surface area contributed by atoms with Crippen molar-refractivity contribution in [2.45, 2.75) is 4.90 Å². The normalized spacial score (nSPS) is 16.6. The summed E-state index contributed by atoms with van der Waals surface area (Å²) < 4.78 is 10.7. The summed E-state index contributed by atoms with van der Waals surface area (Å²) in [7, 11) is 4.91. The fraction of sp³-hybridized carbons (Fsp3) is 0.250. The molecule has 1 saturated heterocycles. The van der Waals surface area contributed by atoms with Crippen LogP contribution in [0.1, 0.15) is 15.9 Å². The summed E-state index contributed by atoms with van der Waals surface area (Å²) in [5.74, 6) is 2.01. The number of carbonyl (C=O) groups excluding carboxylic acids is 2. The van der Waals surface area contributed by atoms with E-state index in [0.29, 0.717) is 35.1 Å². The highest BCUT2D eigenvalue weighted by Crippen LogP contribution is 2.42. The third kappa shape index (κ3) is 4.99. The van der Waals surface area contributed by atoms with Crippen molar-refractivity contribution >= 4 is 41.2 Å². The van der Waals surface area contributed by atoms with E-state index < -0.39 is 0 Å². The number of hydrogen-bond donors (Lipinski definition) is 0. The maximum absolute atomic E-state index is 13.3. The molecule has 3 aromatic rings. The highest BCUT2D eigenvalue weighted by atomic mass is 32.2. The van der Waals surface area contributed by atoms with Gasteiger partial charge in [0.1, 0.15) is 5.82 Å². The van der Waals surface area contributed by atoms with Gasteiger partial charge in [-0.05, 0) is 54.1 Å². The Morgan fingerprint density at radius 2 is 1.76 bits per heavy atom. The minimum absolute atomic E-state index is 0.0269. The second-order valence-corrected chi connectivity index (χ2v) is 9.82. The van der Waals surface area contributed by atoms with Crippen molar-refractivity contribution in [3.8, 4) is 11.5 Å². The number of aromatic nitrogens is 1. The number of rotatable bonds is 5. The number of likely N-dealkylation sites (N-methyl/N-ethyl adjacent to an activating group) is 1. The molecule has 0 atom stereocenters. The molecule has 9 heteroatoms. The van der Waals surface area contributed by atoms with Gasteiger partial charge in [0, 0.05) is 49.9 Å². The lowest BCUT2D eigenvalue weighted by Gasteiger charge is -2.35. The number of methoxy groups -OCH3 is 2. The first-order valence-electron chi connectivity index (χ1n) is 12.0. The lowest BCUT2D eigenvalue weighted by molar-refractivity contribution is -0.114. The number of carbonyl (C=O) groups is 2. The lowest BCUT2D eigenvalue weighted by atomic mass is 10.1. The molecule has 37 heavy (non-hydrogen) atoms. The molecule has 2 aromatic carbocycles. The number of benzene rings is 2. The van der Waals surface area contributed by atoms with Gasteiger partial charge in [-0.1, -0.05) is 23.9 Å². The van der Waals surface area contributed by atoms with Gasteiger partial charge < -0.3 is 24.2 Å². The average molecular weight is 517 g/mol. The summed E-state index contributed by atoms with van der Waals surface area (Å²) >= 11 is 1.40. The summed E-state index contributed by atoms with van der Waals surface area (Å²) in [6.45, 7) is 2.70. The van der Waals surface area contributed by atoms with E-state index in [0.717, 1.165) is 35.1 Å². The van der Waals surface area contributed by atoms with Crippen LogP contribution >= 0.6 is 11.8 Å². The minimum Gasteiger partial charge on any atom is -0.493 e. The van der Waals surface area contributed by atoms with E-state index >= 15 is 0 Å². The molecular weight excluding hydrogens is 488 g/mol. The molecule has 0 radical (unpaired) electrons. The number of amides is 2. The second kappa shape index (κ2) is 10.6. The van der Waals surface area contributed by atoms with E-state index in [1.54, 1.807) is 32.4 Å². The van der Waals surface area contributed by atoms with Crippen molar-refractivity contribution in [1.29, 1.82) is 0 Å².